The van der Waals surface area contributed by atoms with Crippen LogP contribution in [0.4, 0.5) is 0 Å². The minimum Gasteiger partial charge on any atom is -0.495 e. The highest BCUT2D eigenvalue weighted by Crippen LogP contribution is 2.30. The summed E-state index contributed by atoms with van der Waals surface area (Å²) in [6, 6.07) is 4.07. The van der Waals surface area contributed by atoms with Crippen molar-refractivity contribution in [3.05, 3.63) is 23.2 Å². The van der Waals surface area contributed by atoms with Crippen molar-refractivity contribution >= 4 is 27.6 Å². The zero-order valence-corrected chi connectivity index (χ0v) is 13.3. The quantitative estimate of drug-likeness (QED) is 0.833. The summed E-state index contributed by atoms with van der Waals surface area (Å²) in [5, 5.41) is 18.9. The van der Waals surface area contributed by atoms with Crippen LogP contribution in [0.1, 0.15) is 6.42 Å². The van der Waals surface area contributed by atoms with Gasteiger partial charge in [0.05, 0.1) is 29.0 Å². The summed E-state index contributed by atoms with van der Waals surface area (Å²) in [6.45, 7) is -0.233. The molecule has 1 aliphatic heterocycles. The normalized spacial score (nSPS) is 23.2. The standard InChI is InChI=1S/C13H16ClNO6S/c1-21-12-3-2-8(6-10(12)14)22(19,20)15-5-4-9(13(17)18)11(16)7-15/h2-3,6,9,11,16H,4-5,7H2,1H3,(H,17,18)/t9-,11+/m0/s1. The van der Waals surface area contributed by atoms with Gasteiger partial charge in [0.2, 0.25) is 10.0 Å². The molecule has 0 radical (unpaired) electrons. The number of nitrogens with zero attached hydrogens (tertiary/aromatic N) is 1. The van der Waals surface area contributed by atoms with E-state index < -0.39 is 28.0 Å². The molecule has 7 nitrogen and oxygen atoms in total. The van der Waals surface area contributed by atoms with E-state index in [0.29, 0.717) is 5.75 Å². The number of aliphatic hydroxyl groups is 1. The number of aliphatic carboxylic acids is 1. The molecular formula is C13H16ClNO6S. The Bertz CT molecular complexity index is 677. The smallest absolute Gasteiger partial charge is 0.309 e. The number of carboxylic acids is 1. The molecule has 1 aliphatic rings. The first kappa shape index (κ1) is 17.0. The number of β-amino-alcohol motifs (C(OH)–C–C–N with tert-alkyl or cyclic N) is 1. The Hall–Kier alpha value is -1.35. The molecule has 0 saturated carbocycles. The molecule has 0 spiro atoms. The molecule has 0 aliphatic carbocycles. The molecule has 9 heteroatoms. The fourth-order valence-electron chi connectivity index (χ4n) is 2.37. The molecular weight excluding hydrogens is 334 g/mol. The Balaban J connectivity index is 2.25. The van der Waals surface area contributed by atoms with Gasteiger partial charge >= 0.3 is 5.97 Å². The second-order valence-electron chi connectivity index (χ2n) is 4.96. The van der Waals surface area contributed by atoms with Crippen molar-refractivity contribution in [3.8, 4) is 5.75 Å². The lowest BCUT2D eigenvalue weighted by atomic mass is 9.95. The number of rotatable bonds is 4. The summed E-state index contributed by atoms with van der Waals surface area (Å²) in [7, 11) is -2.43. The van der Waals surface area contributed by atoms with Gasteiger partial charge in [-0.3, -0.25) is 4.79 Å². The van der Waals surface area contributed by atoms with Crippen molar-refractivity contribution < 1.29 is 28.2 Å². The highest BCUT2D eigenvalue weighted by atomic mass is 35.5. The van der Waals surface area contributed by atoms with E-state index in [9.17, 15) is 18.3 Å². The molecule has 1 saturated heterocycles. The van der Waals surface area contributed by atoms with Crippen LogP contribution in [0, 0.1) is 5.92 Å². The Morgan fingerprint density at radius 3 is 2.64 bits per heavy atom. The first-order valence-corrected chi connectivity index (χ1v) is 8.33. The lowest BCUT2D eigenvalue weighted by molar-refractivity contribution is -0.147. The number of hydrogen-bond donors (Lipinski definition) is 2. The van der Waals surface area contributed by atoms with Crippen LogP contribution in [0.15, 0.2) is 23.1 Å². The van der Waals surface area contributed by atoms with Crippen LogP contribution in [0.25, 0.3) is 0 Å². The Labute approximate surface area is 133 Å². The van der Waals surface area contributed by atoms with Gasteiger partial charge in [-0.1, -0.05) is 11.6 Å². The van der Waals surface area contributed by atoms with Crippen LogP contribution < -0.4 is 4.74 Å². The topological polar surface area (TPSA) is 104 Å². The van der Waals surface area contributed by atoms with Crippen LogP contribution in [-0.2, 0) is 14.8 Å². The molecule has 2 N–H and O–H groups in total. The molecule has 1 fully saturated rings. The van der Waals surface area contributed by atoms with E-state index in [-0.39, 0.29) is 29.4 Å². The predicted octanol–water partition coefficient (Wildman–Crippen LogP) is 0.805. The van der Waals surface area contributed by atoms with Crippen LogP contribution in [0.3, 0.4) is 0 Å². The van der Waals surface area contributed by atoms with Crippen LogP contribution >= 0.6 is 11.6 Å². The molecule has 2 atom stereocenters. The molecule has 22 heavy (non-hydrogen) atoms. The molecule has 1 aromatic rings. The minimum absolute atomic E-state index is 0.0278. The number of carbonyl (C=O) groups is 1. The van der Waals surface area contributed by atoms with Crippen molar-refractivity contribution in [2.24, 2.45) is 5.92 Å². The van der Waals surface area contributed by atoms with E-state index in [4.69, 9.17) is 21.4 Å². The van der Waals surface area contributed by atoms with E-state index in [1.54, 1.807) is 0 Å². The van der Waals surface area contributed by atoms with Crippen molar-refractivity contribution in [2.45, 2.75) is 17.4 Å². The number of aliphatic hydroxyl groups excluding tert-OH is 1. The van der Waals surface area contributed by atoms with Crippen LogP contribution in [0.5, 0.6) is 5.75 Å². The van der Waals surface area contributed by atoms with Gasteiger partial charge in [-0.05, 0) is 24.6 Å². The second kappa shape index (κ2) is 6.41. The SMILES string of the molecule is COc1ccc(S(=O)(=O)N2CC[C@H](C(=O)O)[C@H](O)C2)cc1Cl. The largest absolute Gasteiger partial charge is 0.495 e. The molecule has 122 valence electrons. The number of sulfonamides is 1. The third kappa shape index (κ3) is 3.19. The first-order valence-electron chi connectivity index (χ1n) is 6.52. The van der Waals surface area contributed by atoms with Gasteiger partial charge in [0.25, 0.3) is 0 Å². The number of carboxylic acid groups (broad SMARTS) is 1. The molecule has 0 amide bonds. The number of methoxy groups -OCH3 is 1. The van der Waals surface area contributed by atoms with Crippen molar-refractivity contribution in [3.63, 3.8) is 0 Å². The van der Waals surface area contributed by atoms with E-state index in [0.717, 1.165) is 4.31 Å². The highest BCUT2D eigenvalue weighted by Gasteiger charge is 2.38. The van der Waals surface area contributed by atoms with Gasteiger partial charge < -0.3 is 14.9 Å². The minimum atomic E-state index is -3.85. The van der Waals surface area contributed by atoms with Crippen LogP contribution in [0.2, 0.25) is 5.02 Å². The van der Waals surface area contributed by atoms with E-state index in [1.165, 1.54) is 25.3 Å². The third-order valence-corrected chi connectivity index (χ3v) is 5.78. The lowest BCUT2D eigenvalue weighted by Crippen LogP contribution is -2.48. The lowest BCUT2D eigenvalue weighted by Gasteiger charge is -2.33. The maximum absolute atomic E-state index is 12.5. The molecule has 1 heterocycles. The summed E-state index contributed by atoms with van der Waals surface area (Å²) in [5.74, 6) is -1.73. The fourth-order valence-corrected chi connectivity index (χ4v) is 4.19. The van der Waals surface area contributed by atoms with Crippen molar-refractivity contribution in [1.82, 2.24) is 4.31 Å². The van der Waals surface area contributed by atoms with Gasteiger partial charge in [-0.2, -0.15) is 4.31 Å². The number of piperidine rings is 1. The fraction of sp³-hybridized carbons (Fsp3) is 0.462. The van der Waals surface area contributed by atoms with E-state index in [1.807, 2.05) is 0 Å². The Morgan fingerprint density at radius 2 is 2.14 bits per heavy atom. The van der Waals surface area contributed by atoms with E-state index >= 15 is 0 Å². The number of ether oxygens (including phenoxy) is 1. The van der Waals surface area contributed by atoms with Gasteiger partial charge in [0, 0.05) is 13.1 Å². The summed E-state index contributed by atoms with van der Waals surface area (Å²) >= 11 is 5.93. The average Bonchev–Trinajstić information content (AvgIpc) is 2.46. The van der Waals surface area contributed by atoms with Gasteiger partial charge in [0.15, 0.2) is 0 Å². The zero-order valence-electron chi connectivity index (χ0n) is 11.8. The number of hydrogen-bond acceptors (Lipinski definition) is 5. The van der Waals surface area contributed by atoms with Gasteiger partial charge in [0.1, 0.15) is 5.75 Å². The van der Waals surface area contributed by atoms with Crippen molar-refractivity contribution in [1.29, 1.82) is 0 Å². The number of halogens is 1. The van der Waals surface area contributed by atoms with Crippen LogP contribution in [-0.4, -0.2) is 55.2 Å². The molecule has 1 aromatic carbocycles. The summed E-state index contributed by atoms with van der Waals surface area (Å²) in [5.41, 5.74) is 0. The van der Waals surface area contributed by atoms with E-state index in [2.05, 4.69) is 0 Å². The summed E-state index contributed by atoms with van der Waals surface area (Å²) in [4.78, 5) is 10.9. The molecule has 0 unspecified atom stereocenters. The maximum atomic E-state index is 12.5. The number of benzene rings is 1. The predicted molar refractivity (Wildman–Crippen MR) is 78.5 cm³/mol. The Morgan fingerprint density at radius 1 is 1.45 bits per heavy atom. The van der Waals surface area contributed by atoms with Crippen molar-refractivity contribution in [2.75, 3.05) is 20.2 Å². The summed E-state index contributed by atoms with van der Waals surface area (Å²) in [6.07, 6.45) is -1.19. The molecule has 2 rings (SSSR count). The Kier molecular flexibility index (Phi) is 4.96. The monoisotopic (exact) mass is 349 g/mol. The second-order valence-corrected chi connectivity index (χ2v) is 7.31. The maximum Gasteiger partial charge on any atom is 0.309 e. The summed E-state index contributed by atoms with van der Waals surface area (Å²) < 4.78 is 31.1. The molecule has 0 aromatic heterocycles. The third-order valence-electron chi connectivity index (χ3n) is 3.62. The van der Waals surface area contributed by atoms with Gasteiger partial charge in [-0.25, -0.2) is 8.42 Å². The first-order chi connectivity index (χ1) is 10.3. The zero-order chi connectivity index (χ0) is 16.5. The van der Waals surface area contributed by atoms with Gasteiger partial charge in [-0.15, -0.1) is 0 Å². The molecule has 0 bridgehead atoms. The highest BCUT2D eigenvalue weighted by molar-refractivity contribution is 7.89. The average molecular weight is 350 g/mol.